The second kappa shape index (κ2) is 8.37. The minimum absolute atomic E-state index is 0.0619. The van der Waals surface area contributed by atoms with Crippen LogP contribution in [0.2, 0.25) is 0 Å². The van der Waals surface area contributed by atoms with Crippen molar-refractivity contribution in [3.63, 3.8) is 0 Å². The first-order chi connectivity index (χ1) is 11.6. The summed E-state index contributed by atoms with van der Waals surface area (Å²) in [6.45, 7) is 4.52. The van der Waals surface area contributed by atoms with Gasteiger partial charge in [0.05, 0.1) is 6.10 Å². The first-order valence-corrected chi connectivity index (χ1v) is 9.23. The molecule has 2 atom stereocenters. The molecule has 0 aliphatic carbocycles. The van der Waals surface area contributed by atoms with Crippen LogP contribution in [0.5, 0.6) is 0 Å². The molecule has 0 aromatic heterocycles. The Balaban J connectivity index is 1.59. The van der Waals surface area contributed by atoms with Gasteiger partial charge in [-0.3, -0.25) is 9.80 Å². The molecule has 2 aliphatic rings. The smallest absolute Gasteiger partial charge is 0.129 e. The zero-order valence-electron chi connectivity index (χ0n) is 14.3. The molecule has 1 aromatic carbocycles. The number of rotatable bonds is 4. The summed E-state index contributed by atoms with van der Waals surface area (Å²) < 4.78 is 27.2. The molecule has 2 heterocycles. The molecule has 0 radical (unpaired) electrons. The Labute approximate surface area is 143 Å². The number of nitrogens with zero attached hydrogens (tertiary/aromatic N) is 2. The summed E-state index contributed by atoms with van der Waals surface area (Å²) in [5, 5.41) is 10.4. The molecule has 2 fully saturated rings. The molecule has 0 bridgehead atoms. The van der Waals surface area contributed by atoms with Crippen LogP contribution in [0.25, 0.3) is 0 Å². The van der Waals surface area contributed by atoms with Gasteiger partial charge in [-0.05, 0) is 63.5 Å². The lowest BCUT2D eigenvalue weighted by Gasteiger charge is -2.39. The van der Waals surface area contributed by atoms with Gasteiger partial charge in [-0.2, -0.15) is 0 Å². The first-order valence-electron chi connectivity index (χ1n) is 9.23. The fourth-order valence-corrected chi connectivity index (χ4v) is 4.07. The van der Waals surface area contributed by atoms with Gasteiger partial charge in [0.15, 0.2) is 0 Å². The van der Waals surface area contributed by atoms with E-state index in [2.05, 4.69) is 9.80 Å². The van der Waals surface area contributed by atoms with E-state index in [1.807, 2.05) is 0 Å². The van der Waals surface area contributed by atoms with Gasteiger partial charge in [0.2, 0.25) is 0 Å². The van der Waals surface area contributed by atoms with Crippen LogP contribution in [0.4, 0.5) is 8.78 Å². The summed E-state index contributed by atoms with van der Waals surface area (Å²) >= 11 is 0. The Morgan fingerprint density at radius 2 is 1.79 bits per heavy atom. The number of likely N-dealkylation sites (tertiary alicyclic amines) is 2. The van der Waals surface area contributed by atoms with Crippen LogP contribution in [0.3, 0.4) is 0 Å². The van der Waals surface area contributed by atoms with Crippen LogP contribution in [0.1, 0.15) is 50.2 Å². The van der Waals surface area contributed by atoms with Crippen LogP contribution in [-0.2, 0) is 0 Å². The van der Waals surface area contributed by atoms with Gasteiger partial charge in [0, 0.05) is 24.7 Å². The fourth-order valence-electron chi connectivity index (χ4n) is 4.07. The SMILES string of the molecule is OC(CN1CCCC(N2CCCCCC2)C1)c1cc(F)ccc1F. The quantitative estimate of drug-likeness (QED) is 0.912. The van der Waals surface area contributed by atoms with Crippen molar-refractivity contribution in [1.29, 1.82) is 0 Å². The van der Waals surface area contributed by atoms with Gasteiger partial charge in [0.25, 0.3) is 0 Å². The Bertz CT molecular complexity index is 532. The maximum Gasteiger partial charge on any atom is 0.129 e. The molecular formula is C19H28F2N2O. The molecule has 1 N–H and O–H groups in total. The van der Waals surface area contributed by atoms with Crippen LogP contribution in [-0.4, -0.2) is 53.7 Å². The highest BCUT2D eigenvalue weighted by molar-refractivity contribution is 5.21. The van der Waals surface area contributed by atoms with E-state index in [4.69, 9.17) is 0 Å². The van der Waals surface area contributed by atoms with Crippen molar-refractivity contribution in [3.8, 4) is 0 Å². The molecule has 0 spiro atoms. The summed E-state index contributed by atoms with van der Waals surface area (Å²) in [7, 11) is 0. The molecule has 2 unspecified atom stereocenters. The number of halogens is 2. The number of benzene rings is 1. The maximum absolute atomic E-state index is 13.8. The van der Waals surface area contributed by atoms with Gasteiger partial charge in [-0.15, -0.1) is 0 Å². The third-order valence-electron chi connectivity index (χ3n) is 5.39. The molecule has 3 nitrogen and oxygen atoms in total. The highest BCUT2D eigenvalue weighted by Crippen LogP contribution is 2.24. The molecular weight excluding hydrogens is 310 g/mol. The number of aliphatic hydroxyl groups is 1. The standard InChI is InChI=1S/C19H28F2N2O/c20-15-7-8-18(21)17(12-15)19(24)14-22-9-5-6-16(13-22)23-10-3-1-2-4-11-23/h7-8,12,16,19,24H,1-6,9-11,13-14H2. The Morgan fingerprint density at radius 3 is 2.54 bits per heavy atom. The first kappa shape index (κ1) is 17.8. The minimum Gasteiger partial charge on any atom is -0.387 e. The molecule has 5 heteroatoms. The van der Waals surface area contributed by atoms with Gasteiger partial charge in [-0.25, -0.2) is 8.78 Å². The van der Waals surface area contributed by atoms with E-state index < -0.39 is 17.7 Å². The second-order valence-corrected chi connectivity index (χ2v) is 7.19. The Morgan fingerprint density at radius 1 is 1.04 bits per heavy atom. The van der Waals surface area contributed by atoms with Crippen LogP contribution in [0, 0.1) is 11.6 Å². The number of hydrogen-bond acceptors (Lipinski definition) is 3. The number of β-amino-alcohol motifs (C(OH)–C–C–N with tert-alkyl or cyclic N) is 1. The van der Waals surface area contributed by atoms with Crippen molar-refractivity contribution in [3.05, 3.63) is 35.4 Å². The monoisotopic (exact) mass is 338 g/mol. The third-order valence-corrected chi connectivity index (χ3v) is 5.39. The highest BCUT2D eigenvalue weighted by atomic mass is 19.1. The van der Waals surface area contributed by atoms with Gasteiger partial charge >= 0.3 is 0 Å². The molecule has 2 saturated heterocycles. The number of aliphatic hydroxyl groups excluding tert-OH is 1. The van der Waals surface area contributed by atoms with E-state index in [0.717, 1.165) is 37.7 Å². The molecule has 134 valence electrons. The second-order valence-electron chi connectivity index (χ2n) is 7.19. The zero-order chi connectivity index (χ0) is 16.9. The van der Waals surface area contributed by atoms with Crippen molar-refractivity contribution in [1.82, 2.24) is 9.80 Å². The zero-order valence-corrected chi connectivity index (χ0v) is 14.3. The van der Waals surface area contributed by atoms with Crippen molar-refractivity contribution < 1.29 is 13.9 Å². The summed E-state index contributed by atoms with van der Waals surface area (Å²) in [4.78, 5) is 4.79. The average molecular weight is 338 g/mol. The maximum atomic E-state index is 13.8. The van der Waals surface area contributed by atoms with Gasteiger partial charge < -0.3 is 5.11 Å². The third kappa shape index (κ3) is 4.52. The Kier molecular flexibility index (Phi) is 6.19. The summed E-state index contributed by atoms with van der Waals surface area (Å²) in [5.41, 5.74) is 0.0619. The predicted molar refractivity (Wildman–Crippen MR) is 90.8 cm³/mol. The largest absolute Gasteiger partial charge is 0.387 e. The summed E-state index contributed by atoms with van der Waals surface area (Å²) in [5.74, 6) is -1.04. The van der Waals surface area contributed by atoms with Crippen LogP contribution >= 0.6 is 0 Å². The molecule has 24 heavy (non-hydrogen) atoms. The molecule has 2 aliphatic heterocycles. The lowest BCUT2D eigenvalue weighted by atomic mass is 10.0. The average Bonchev–Trinajstić information content (AvgIpc) is 2.86. The summed E-state index contributed by atoms with van der Waals surface area (Å²) in [6.07, 6.45) is 6.50. The van der Waals surface area contributed by atoms with Gasteiger partial charge in [0.1, 0.15) is 11.6 Å². The van der Waals surface area contributed by atoms with Crippen LogP contribution < -0.4 is 0 Å². The normalized spacial score (nSPS) is 25.4. The van der Waals surface area contributed by atoms with Crippen molar-refractivity contribution in [2.24, 2.45) is 0 Å². The van der Waals surface area contributed by atoms with E-state index in [0.29, 0.717) is 12.6 Å². The fraction of sp³-hybridized carbons (Fsp3) is 0.684. The lowest BCUT2D eigenvalue weighted by Crippen LogP contribution is -2.49. The van der Waals surface area contributed by atoms with E-state index in [1.54, 1.807) is 0 Å². The molecule has 0 amide bonds. The van der Waals surface area contributed by atoms with Gasteiger partial charge in [-0.1, -0.05) is 12.8 Å². The van der Waals surface area contributed by atoms with E-state index in [1.165, 1.54) is 45.2 Å². The molecule has 3 rings (SSSR count). The predicted octanol–water partition coefficient (Wildman–Crippen LogP) is 3.34. The topological polar surface area (TPSA) is 26.7 Å². The lowest BCUT2D eigenvalue weighted by molar-refractivity contribution is 0.0569. The van der Waals surface area contributed by atoms with E-state index in [9.17, 15) is 13.9 Å². The Hall–Kier alpha value is -1.04. The van der Waals surface area contributed by atoms with Crippen molar-refractivity contribution in [2.45, 2.75) is 50.7 Å². The molecule has 1 aromatic rings. The summed E-state index contributed by atoms with van der Waals surface area (Å²) in [6, 6.07) is 3.81. The molecule has 0 saturated carbocycles. The minimum atomic E-state index is -0.983. The van der Waals surface area contributed by atoms with E-state index in [-0.39, 0.29) is 5.56 Å². The van der Waals surface area contributed by atoms with Crippen LogP contribution in [0.15, 0.2) is 18.2 Å². The highest BCUT2D eigenvalue weighted by Gasteiger charge is 2.27. The van der Waals surface area contributed by atoms with E-state index >= 15 is 0 Å². The number of hydrogen-bond donors (Lipinski definition) is 1. The number of piperidine rings is 1. The van der Waals surface area contributed by atoms with Crippen molar-refractivity contribution in [2.75, 3.05) is 32.7 Å². The van der Waals surface area contributed by atoms with Crippen molar-refractivity contribution >= 4 is 0 Å².